The molecule has 1 saturated heterocycles. The van der Waals surface area contributed by atoms with Crippen molar-refractivity contribution in [1.29, 1.82) is 5.41 Å². The molecule has 0 atom stereocenters. The van der Waals surface area contributed by atoms with E-state index in [1.54, 1.807) is 29.2 Å². The van der Waals surface area contributed by atoms with E-state index in [0.717, 1.165) is 33.8 Å². The fraction of sp³-hybridized carbons (Fsp3) is 0.379. The number of aromatic nitrogens is 1. The Bertz CT molecular complexity index is 1610. The second-order valence-corrected chi connectivity index (χ2v) is 13.0. The summed E-state index contributed by atoms with van der Waals surface area (Å²) in [6, 6.07) is 9.78. The Hall–Kier alpha value is -4.28. The average Bonchev–Trinajstić information content (AvgIpc) is 3.52. The van der Waals surface area contributed by atoms with E-state index in [1.807, 2.05) is 13.8 Å². The Kier molecular flexibility index (Phi) is 11.3. The van der Waals surface area contributed by atoms with Crippen LogP contribution in [0.3, 0.4) is 0 Å². The summed E-state index contributed by atoms with van der Waals surface area (Å²) in [5.41, 5.74) is 1.48. The first-order chi connectivity index (χ1) is 21.5. The molecule has 4 rings (SSSR count). The number of carbonyl (C=O) groups is 2. The zero-order valence-electron chi connectivity index (χ0n) is 25.0. The molecular weight excluding hydrogens is 627 g/mol. The lowest BCUT2D eigenvalue weighted by molar-refractivity contribution is -0.115. The van der Waals surface area contributed by atoms with Crippen molar-refractivity contribution in [2.24, 2.45) is 5.92 Å². The Balaban J connectivity index is 1.56. The fourth-order valence-electron chi connectivity index (χ4n) is 4.17. The van der Waals surface area contributed by atoms with Crippen LogP contribution in [0.2, 0.25) is 0 Å². The molecule has 1 fully saturated rings. The van der Waals surface area contributed by atoms with Crippen LogP contribution in [0.1, 0.15) is 29.9 Å². The molecule has 242 valence electrons. The van der Waals surface area contributed by atoms with Gasteiger partial charge >= 0.3 is 5.97 Å². The second kappa shape index (κ2) is 15.1. The maximum atomic E-state index is 15.2. The largest absolute Gasteiger partial charge is 0.497 e. The predicted molar refractivity (Wildman–Crippen MR) is 167 cm³/mol. The summed E-state index contributed by atoms with van der Waals surface area (Å²) in [6.07, 6.45) is 0. The molecule has 0 saturated carbocycles. The number of carbonyl (C=O) groups excluding carboxylic acids is 2. The van der Waals surface area contributed by atoms with E-state index in [4.69, 9.17) is 19.6 Å². The van der Waals surface area contributed by atoms with Gasteiger partial charge in [0.25, 0.3) is 10.0 Å². The Morgan fingerprint density at radius 1 is 1.18 bits per heavy atom. The number of amides is 1. The average molecular weight is 663 g/mol. The SMILES string of the molecule is COc1ccc(CN(c2scnc2C(=O)OCC(C)C)S(=O)(=O)c2ccc(NC(=O)CNC(=N)N3CCOCC3)c(F)c2)cc1. The number of halogens is 1. The van der Waals surface area contributed by atoms with Crippen LogP contribution in [0.4, 0.5) is 15.1 Å². The standard InChI is InChI=1S/C29H35FN6O7S2/c1-19(2)17-43-28(38)26-27(44-18-33-26)36(16-20-4-6-21(41-3)7-5-20)45(39,40)22-8-9-24(23(30)14-22)34-25(37)15-32-29(31)35-10-12-42-13-11-35/h4-9,14,18-19H,10-13,15-17H2,1-3H3,(H2,31,32)(H,34,37). The molecule has 1 aliphatic heterocycles. The van der Waals surface area contributed by atoms with Crippen molar-refractivity contribution in [1.82, 2.24) is 15.2 Å². The van der Waals surface area contributed by atoms with Crippen molar-refractivity contribution in [3.8, 4) is 5.75 Å². The van der Waals surface area contributed by atoms with Gasteiger partial charge in [0.1, 0.15) is 16.6 Å². The zero-order chi connectivity index (χ0) is 32.6. The van der Waals surface area contributed by atoms with Gasteiger partial charge in [-0.05, 0) is 41.8 Å². The highest BCUT2D eigenvalue weighted by Crippen LogP contribution is 2.34. The van der Waals surface area contributed by atoms with Gasteiger partial charge in [-0.25, -0.2) is 22.6 Å². The molecule has 0 unspecified atom stereocenters. The van der Waals surface area contributed by atoms with E-state index >= 15 is 4.39 Å². The fourth-order valence-corrected chi connectivity index (χ4v) is 6.65. The van der Waals surface area contributed by atoms with Gasteiger partial charge < -0.3 is 29.7 Å². The molecule has 0 bridgehead atoms. The summed E-state index contributed by atoms with van der Waals surface area (Å²) < 4.78 is 60.1. The van der Waals surface area contributed by atoms with Gasteiger partial charge in [-0.3, -0.25) is 14.5 Å². The van der Waals surface area contributed by atoms with E-state index < -0.39 is 32.6 Å². The van der Waals surface area contributed by atoms with Crippen LogP contribution >= 0.6 is 11.3 Å². The maximum absolute atomic E-state index is 15.2. The summed E-state index contributed by atoms with van der Waals surface area (Å²) in [5.74, 6) is -1.74. The minimum Gasteiger partial charge on any atom is -0.497 e. The maximum Gasteiger partial charge on any atom is 0.360 e. The molecule has 1 aliphatic rings. The minimum atomic E-state index is -4.47. The molecule has 13 nitrogen and oxygen atoms in total. The lowest BCUT2D eigenvalue weighted by Crippen LogP contribution is -2.48. The van der Waals surface area contributed by atoms with Gasteiger partial charge in [-0.1, -0.05) is 26.0 Å². The first kappa shape index (κ1) is 33.6. The van der Waals surface area contributed by atoms with Gasteiger partial charge in [0.15, 0.2) is 11.7 Å². The lowest BCUT2D eigenvalue weighted by atomic mass is 10.2. The molecule has 16 heteroatoms. The predicted octanol–water partition coefficient (Wildman–Crippen LogP) is 3.29. The number of sulfonamides is 1. The van der Waals surface area contributed by atoms with Gasteiger partial charge in [-0.2, -0.15) is 0 Å². The van der Waals surface area contributed by atoms with Crippen LogP contribution in [0, 0.1) is 17.1 Å². The molecule has 45 heavy (non-hydrogen) atoms. The van der Waals surface area contributed by atoms with Crippen LogP contribution < -0.4 is 19.7 Å². The third kappa shape index (κ3) is 8.67. The monoisotopic (exact) mass is 662 g/mol. The van der Waals surface area contributed by atoms with E-state index in [2.05, 4.69) is 15.6 Å². The molecule has 1 aromatic heterocycles. The summed E-state index contributed by atoms with van der Waals surface area (Å²) in [7, 11) is -2.97. The molecular formula is C29H35FN6O7S2. The topological polar surface area (TPSA) is 163 Å². The van der Waals surface area contributed by atoms with Gasteiger partial charge in [0.2, 0.25) is 5.91 Å². The van der Waals surface area contributed by atoms with Crippen molar-refractivity contribution in [3.05, 3.63) is 65.0 Å². The third-order valence-electron chi connectivity index (χ3n) is 6.55. The van der Waals surface area contributed by atoms with Crippen molar-refractivity contribution >= 4 is 49.9 Å². The number of rotatable bonds is 12. The highest BCUT2D eigenvalue weighted by atomic mass is 32.2. The number of hydrogen-bond acceptors (Lipinski definition) is 10. The minimum absolute atomic E-state index is 0.00570. The van der Waals surface area contributed by atoms with Crippen LogP contribution in [0.5, 0.6) is 5.75 Å². The zero-order valence-corrected chi connectivity index (χ0v) is 26.7. The molecule has 2 heterocycles. The van der Waals surface area contributed by atoms with Crippen LogP contribution in [0.15, 0.2) is 52.9 Å². The number of guanidine groups is 1. The number of nitrogens with one attached hydrogen (secondary N) is 3. The molecule has 0 spiro atoms. The summed E-state index contributed by atoms with van der Waals surface area (Å²) in [4.78, 5) is 30.7. The quantitative estimate of drug-likeness (QED) is 0.149. The van der Waals surface area contributed by atoms with Crippen molar-refractivity contribution < 1.29 is 36.6 Å². The van der Waals surface area contributed by atoms with E-state index in [0.29, 0.717) is 37.6 Å². The van der Waals surface area contributed by atoms with Crippen LogP contribution in [-0.2, 0) is 30.8 Å². The number of ether oxygens (including phenoxy) is 3. The normalized spacial score (nSPS) is 13.3. The molecule has 0 radical (unpaired) electrons. The molecule has 2 aromatic carbocycles. The summed E-state index contributed by atoms with van der Waals surface area (Å²) in [6.45, 7) is 5.30. The summed E-state index contributed by atoms with van der Waals surface area (Å²) >= 11 is 0.927. The second-order valence-electron chi connectivity index (χ2n) is 10.3. The van der Waals surface area contributed by atoms with Crippen LogP contribution in [-0.4, -0.2) is 82.7 Å². The van der Waals surface area contributed by atoms with Gasteiger partial charge in [-0.15, -0.1) is 11.3 Å². The smallest absolute Gasteiger partial charge is 0.360 e. The number of hydrogen-bond donors (Lipinski definition) is 3. The van der Waals surface area contributed by atoms with Crippen LogP contribution in [0.25, 0.3) is 0 Å². The molecule has 1 amide bonds. The number of benzene rings is 2. The highest BCUT2D eigenvalue weighted by Gasteiger charge is 2.32. The number of anilines is 2. The van der Waals surface area contributed by atoms with Crippen molar-refractivity contribution in [3.63, 3.8) is 0 Å². The number of methoxy groups -OCH3 is 1. The number of morpholine rings is 1. The number of esters is 1. The van der Waals surface area contributed by atoms with Crippen molar-refractivity contribution in [2.75, 3.05) is 56.2 Å². The first-order valence-electron chi connectivity index (χ1n) is 14.0. The van der Waals surface area contributed by atoms with Crippen molar-refractivity contribution in [2.45, 2.75) is 25.3 Å². The van der Waals surface area contributed by atoms with Gasteiger partial charge in [0, 0.05) is 13.1 Å². The summed E-state index contributed by atoms with van der Waals surface area (Å²) in [5, 5.41) is 13.2. The van der Waals surface area contributed by atoms with E-state index in [-0.39, 0.29) is 48.0 Å². The lowest BCUT2D eigenvalue weighted by Gasteiger charge is -2.29. The Morgan fingerprint density at radius 2 is 1.89 bits per heavy atom. The Morgan fingerprint density at radius 3 is 2.53 bits per heavy atom. The highest BCUT2D eigenvalue weighted by molar-refractivity contribution is 7.93. The first-order valence-corrected chi connectivity index (χ1v) is 16.3. The third-order valence-corrected chi connectivity index (χ3v) is 9.25. The van der Waals surface area contributed by atoms with E-state index in [1.165, 1.54) is 12.6 Å². The number of thiazole rings is 1. The Labute approximate surface area is 264 Å². The molecule has 3 aromatic rings. The van der Waals surface area contributed by atoms with Gasteiger partial charge in [0.05, 0.1) is 56.1 Å². The molecule has 0 aliphatic carbocycles. The number of nitrogens with zero attached hydrogens (tertiary/aromatic N) is 3. The van der Waals surface area contributed by atoms with E-state index in [9.17, 15) is 18.0 Å². The molecule has 3 N–H and O–H groups in total.